The lowest BCUT2D eigenvalue weighted by Gasteiger charge is -2.42. The minimum atomic E-state index is -1.52. The third-order valence-corrected chi connectivity index (χ3v) is 15.2. The largest absolute Gasteiger partial charge is 0.167 e. The Morgan fingerprint density at radius 1 is 1.27 bits per heavy atom. The summed E-state index contributed by atoms with van der Waals surface area (Å²) in [7, 11) is -2.17. The molecule has 0 N–H and O–H groups in total. The first-order valence-electron chi connectivity index (χ1n) is 6.32. The SMILES string of the molecule is CCCC[Si](C)(Cl)C([SiH](C)C)C(C)(C)C. The van der Waals surface area contributed by atoms with E-state index in [2.05, 4.69) is 47.3 Å². The first kappa shape index (κ1) is 15.7. The molecule has 0 fully saturated rings. The standard InChI is InChI=1S/C12H29ClSi2/c1-8-9-10-15(7,13)11(14(5)6)12(2,3)4/h11,14H,8-10H2,1-7H3. The van der Waals surface area contributed by atoms with Crippen molar-refractivity contribution in [2.24, 2.45) is 5.41 Å². The fraction of sp³-hybridized carbons (Fsp3) is 1.00. The van der Waals surface area contributed by atoms with Crippen LogP contribution >= 0.6 is 11.1 Å². The van der Waals surface area contributed by atoms with Crippen LogP contribution in [0.25, 0.3) is 0 Å². The highest BCUT2D eigenvalue weighted by molar-refractivity contribution is 7.23. The van der Waals surface area contributed by atoms with Crippen LogP contribution in [-0.2, 0) is 0 Å². The van der Waals surface area contributed by atoms with Crippen LogP contribution in [0.1, 0.15) is 40.5 Å². The normalized spacial score (nSPS) is 19.0. The van der Waals surface area contributed by atoms with Crippen molar-refractivity contribution in [1.82, 2.24) is 0 Å². The molecular formula is C12H29ClSi2. The minimum absolute atomic E-state index is 0.414. The Hall–Kier alpha value is 0.724. The van der Waals surface area contributed by atoms with Gasteiger partial charge in [-0.3, -0.25) is 0 Å². The second-order valence-electron chi connectivity index (χ2n) is 6.47. The molecule has 3 heteroatoms. The van der Waals surface area contributed by atoms with Crippen molar-refractivity contribution in [3.63, 3.8) is 0 Å². The lowest BCUT2D eigenvalue weighted by atomic mass is 10.00. The molecule has 2 unspecified atom stereocenters. The maximum absolute atomic E-state index is 6.93. The van der Waals surface area contributed by atoms with Gasteiger partial charge < -0.3 is 0 Å². The third-order valence-electron chi connectivity index (χ3n) is 3.27. The number of unbranched alkanes of at least 4 members (excludes halogenated alkanes) is 1. The van der Waals surface area contributed by atoms with E-state index in [1.807, 2.05) is 0 Å². The summed E-state index contributed by atoms with van der Waals surface area (Å²) in [5.74, 6) is 0. The first-order valence-corrected chi connectivity index (χ1v) is 13.1. The fourth-order valence-electron chi connectivity index (χ4n) is 3.28. The molecule has 0 rings (SSSR count). The molecule has 0 heterocycles. The topological polar surface area (TPSA) is 0 Å². The molecule has 2 atom stereocenters. The average molecular weight is 265 g/mol. The van der Waals surface area contributed by atoms with E-state index in [0.29, 0.717) is 5.41 Å². The van der Waals surface area contributed by atoms with Gasteiger partial charge in [-0.25, -0.2) is 0 Å². The molecule has 0 bridgehead atoms. The molecule has 0 aromatic rings. The van der Waals surface area contributed by atoms with Gasteiger partial charge in [0.2, 0.25) is 0 Å². The van der Waals surface area contributed by atoms with E-state index in [9.17, 15) is 0 Å². The van der Waals surface area contributed by atoms with Crippen LogP contribution < -0.4 is 0 Å². The molecule has 0 radical (unpaired) electrons. The van der Waals surface area contributed by atoms with Crippen molar-refractivity contribution >= 4 is 27.3 Å². The molecule has 15 heavy (non-hydrogen) atoms. The van der Waals surface area contributed by atoms with Crippen molar-refractivity contribution in [2.45, 2.75) is 71.4 Å². The molecule has 0 amide bonds. The van der Waals surface area contributed by atoms with E-state index in [0.717, 1.165) is 5.16 Å². The Morgan fingerprint density at radius 2 is 1.73 bits per heavy atom. The van der Waals surface area contributed by atoms with Gasteiger partial charge in [0, 0.05) is 8.80 Å². The van der Waals surface area contributed by atoms with Crippen LogP contribution in [0.4, 0.5) is 0 Å². The zero-order valence-electron chi connectivity index (χ0n) is 11.7. The monoisotopic (exact) mass is 264 g/mol. The van der Waals surface area contributed by atoms with Gasteiger partial charge in [-0.05, 0) is 16.6 Å². The van der Waals surface area contributed by atoms with E-state index in [4.69, 9.17) is 11.1 Å². The smallest absolute Gasteiger partial charge is 0.154 e. The maximum Gasteiger partial charge on any atom is 0.154 e. The molecule has 0 aliphatic heterocycles. The molecular weight excluding hydrogens is 236 g/mol. The van der Waals surface area contributed by atoms with Gasteiger partial charge in [-0.2, -0.15) is 11.1 Å². The van der Waals surface area contributed by atoms with Crippen molar-refractivity contribution in [3.05, 3.63) is 0 Å². The highest BCUT2D eigenvalue weighted by atomic mass is 35.6. The predicted octanol–water partition coefficient (Wildman–Crippen LogP) is 5.04. The van der Waals surface area contributed by atoms with E-state index in [-0.39, 0.29) is 0 Å². The third kappa shape index (κ3) is 5.05. The van der Waals surface area contributed by atoms with Crippen LogP contribution in [0.2, 0.25) is 30.8 Å². The summed E-state index contributed by atoms with van der Waals surface area (Å²) in [4.78, 5) is 0. The highest BCUT2D eigenvalue weighted by Crippen LogP contribution is 2.45. The minimum Gasteiger partial charge on any atom is -0.167 e. The van der Waals surface area contributed by atoms with Crippen LogP contribution in [0.5, 0.6) is 0 Å². The molecule has 0 spiro atoms. The molecule has 92 valence electrons. The summed E-state index contributed by atoms with van der Waals surface area (Å²) >= 11 is 6.93. The van der Waals surface area contributed by atoms with Gasteiger partial charge >= 0.3 is 0 Å². The lowest BCUT2D eigenvalue weighted by molar-refractivity contribution is 0.430. The molecule has 0 saturated carbocycles. The Bertz CT molecular complexity index is 183. The zero-order valence-corrected chi connectivity index (χ0v) is 14.6. The van der Waals surface area contributed by atoms with Crippen molar-refractivity contribution in [1.29, 1.82) is 0 Å². The maximum atomic E-state index is 6.93. The molecule has 0 aromatic heterocycles. The van der Waals surface area contributed by atoms with E-state index in [1.54, 1.807) is 0 Å². The Labute approximate surface area is 104 Å². The van der Waals surface area contributed by atoms with Gasteiger partial charge in [-0.1, -0.05) is 60.2 Å². The summed E-state index contributed by atoms with van der Waals surface area (Å²) in [6.07, 6.45) is 2.60. The van der Waals surface area contributed by atoms with Gasteiger partial charge in [0.05, 0.1) is 0 Å². The highest BCUT2D eigenvalue weighted by Gasteiger charge is 2.43. The molecule has 0 nitrogen and oxygen atoms in total. The molecule has 0 aromatic carbocycles. The van der Waals surface area contributed by atoms with Crippen molar-refractivity contribution in [3.8, 4) is 0 Å². The first-order chi connectivity index (χ1) is 6.63. The van der Waals surface area contributed by atoms with Gasteiger partial charge in [-0.15, -0.1) is 0 Å². The summed E-state index contributed by atoms with van der Waals surface area (Å²) < 4.78 is 0. The second kappa shape index (κ2) is 5.88. The van der Waals surface area contributed by atoms with E-state index >= 15 is 0 Å². The van der Waals surface area contributed by atoms with Crippen LogP contribution in [0.3, 0.4) is 0 Å². The summed E-state index contributed by atoms with van der Waals surface area (Å²) in [6.45, 7) is 16.7. The Morgan fingerprint density at radius 3 is 2.00 bits per heavy atom. The number of halogens is 1. The Balaban J connectivity index is 4.75. The Kier molecular flexibility index (Phi) is 6.16. The average Bonchev–Trinajstić information content (AvgIpc) is 1.96. The van der Waals surface area contributed by atoms with Crippen molar-refractivity contribution < 1.29 is 0 Å². The fourth-order valence-corrected chi connectivity index (χ4v) is 18.1. The zero-order chi connectivity index (χ0) is 12.3. The van der Waals surface area contributed by atoms with Gasteiger partial charge in [0.25, 0.3) is 0 Å². The predicted molar refractivity (Wildman–Crippen MR) is 79.3 cm³/mol. The van der Waals surface area contributed by atoms with E-state index in [1.165, 1.54) is 18.9 Å². The number of rotatable bonds is 5. The lowest BCUT2D eigenvalue weighted by Crippen LogP contribution is -2.44. The summed E-state index contributed by atoms with van der Waals surface area (Å²) in [5, 5.41) is 0.846. The second-order valence-corrected chi connectivity index (χ2v) is 16.6. The van der Waals surface area contributed by atoms with Gasteiger partial charge in [0.1, 0.15) is 0 Å². The van der Waals surface area contributed by atoms with E-state index < -0.39 is 16.2 Å². The molecule has 0 aliphatic carbocycles. The summed E-state index contributed by atoms with van der Waals surface area (Å²) in [5.41, 5.74) is 0.414. The quantitative estimate of drug-likeness (QED) is 0.482. The molecule has 0 saturated heterocycles. The van der Waals surface area contributed by atoms with Crippen LogP contribution in [0.15, 0.2) is 0 Å². The number of hydrogen-bond acceptors (Lipinski definition) is 0. The summed E-state index contributed by atoms with van der Waals surface area (Å²) in [6, 6.07) is 1.30. The van der Waals surface area contributed by atoms with Crippen molar-refractivity contribution in [2.75, 3.05) is 0 Å². The van der Waals surface area contributed by atoms with Gasteiger partial charge in [0.15, 0.2) is 7.38 Å². The number of hydrogen-bond donors (Lipinski definition) is 0. The van der Waals surface area contributed by atoms with Crippen LogP contribution in [0, 0.1) is 5.41 Å². The molecule has 0 aliphatic rings. The van der Waals surface area contributed by atoms with Crippen LogP contribution in [-0.4, -0.2) is 16.2 Å².